The van der Waals surface area contributed by atoms with E-state index in [0.29, 0.717) is 17.2 Å². The Morgan fingerprint density at radius 2 is 1.71 bits per heavy atom. The second kappa shape index (κ2) is 5.78. The van der Waals surface area contributed by atoms with Gasteiger partial charge < -0.3 is 10.1 Å². The predicted molar refractivity (Wildman–Crippen MR) is 93.6 cm³/mol. The number of hydrogen-bond acceptors (Lipinski definition) is 3. The highest BCUT2D eigenvalue weighted by molar-refractivity contribution is 6.26. The van der Waals surface area contributed by atoms with Crippen LogP contribution in [-0.2, 0) is 0 Å². The van der Waals surface area contributed by atoms with E-state index in [4.69, 9.17) is 0 Å². The summed E-state index contributed by atoms with van der Waals surface area (Å²) in [6, 6.07) is 13.5. The molecule has 0 atom stereocenters. The number of nitrogens with zero attached hydrogens (tertiary/aromatic N) is 2. The number of rotatable bonds is 1. The zero-order valence-electron chi connectivity index (χ0n) is 13.7. The highest BCUT2D eigenvalue weighted by Crippen LogP contribution is 2.39. The number of piperidine rings is 1. The molecule has 1 heterocycles. The van der Waals surface area contributed by atoms with Gasteiger partial charge in [-0.25, -0.2) is 0 Å². The van der Waals surface area contributed by atoms with Crippen LogP contribution in [0.15, 0.2) is 47.6 Å². The molecule has 0 aromatic heterocycles. The fourth-order valence-electron chi connectivity index (χ4n) is 3.76. The SMILES string of the molecule is CC1CCN(C(=O)c2cccc3c2-c2ccccc2/C3=N\O)CC1. The van der Waals surface area contributed by atoms with Crippen LogP contribution in [0, 0.1) is 5.92 Å². The van der Waals surface area contributed by atoms with Crippen molar-refractivity contribution in [2.24, 2.45) is 11.1 Å². The van der Waals surface area contributed by atoms with Gasteiger partial charge in [-0.15, -0.1) is 0 Å². The maximum atomic E-state index is 13.1. The van der Waals surface area contributed by atoms with Crippen molar-refractivity contribution in [3.8, 4) is 11.1 Å². The lowest BCUT2D eigenvalue weighted by Gasteiger charge is -2.30. The number of likely N-dealkylation sites (tertiary alicyclic amines) is 1. The van der Waals surface area contributed by atoms with Gasteiger partial charge in [0, 0.05) is 35.3 Å². The molecule has 24 heavy (non-hydrogen) atoms. The van der Waals surface area contributed by atoms with Crippen molar-refractivity contribution in [1.82, 2.24) is 4.90 Å². The first kappa shape index (κ1) is 14.9. The number of carbonyl (C=O) groups is 1. The van der Waals surface area contributed by atoms with E-state index in [2.05, 4.69) is 12.1 Å². The van der Waals surface area contributed by atoms with E-state index in [0.717, 1.165) is 48.2 Å². The molecule has 1 aliphatic heterocycles. The topological polar surface area (TPSA) is 52.9 Å². The van der Waals surface area contributed by atoms with Crippen LogP contribution >= 0.6 is 0 Å². The normalized spacial score (nSPS) is 18.5. The molecular weight excluding hydrogens is 300 g/mol. The Balaban J connectivity index is 1.81. The van der Waals surface area contributed by atoms with Crippen LogP contribution in [0.3, 0.4) is 0 Å². The van der Waals surface area contributed by atoms with Crippen LogP contribution in [0.5, 0.6) is 0 Å². The van der Waals surface area contributed by atoms with E-state index < -0.39 is 0 Å². The lowest BCUT2D eigenvalue weighted by atomic mass is 9.95. The third-order valence-electron chi connectivity index (χ3n) is 5.17. The fraction of sp³-hybridized carbons (Fsp3) is 0.300. The zero-order chi connectivity index (χ0) is 16.7. The lowest BCUT2D eigenvalue weighted by molar-refractivity contribution is 0.0698. The number of amides is 1. The summed E-state index contributed by atoms with van der Waals surface area (Å²) in [4.78, 5) is 15.0. The first-order chi connectivity index (χ1) is 11.7. The monoisotopic (exact) mass is 320 g/mol. The third kappa shape index (κ3) is 2.21. The van der Waals surface area contributed by atoms with Crippen molar-refractivity contribution in [2.75, 3.05) is 13.1 Å². The van der Waals surface area contributed by atoms with Crippen molar-refractivity contribution in [3.63, 3.8) is 0 Å². The van der Waals surface area contributed by atoms with E-state index >= 15 is 0 Å². The molecule has 1 N–H and O–H groups in total. The van der Waals surface area contributed by atoms with Gasteiger partial charge in [0.15, 0.2) is 0 Å². The van der Waals surface area contributed by atoms with Crippen LogP contribution < -0.4 is 0 Å². The largest absolute Gasteiger partial charge is 0.410 e. The Labute approximate surface area is 141 Å². The summed E-state index contributed by atoms with van der Waals surface area (Å²) >= 11 is 0. The third-order valence-corrected chi connectivity index (χ3v) is 5.17. The molecule has 1 fully saturated rings. The fourth-order valence-corrected chi connectivity index (χ4v) is 3.76. The molecule has 0 spiro atoms. The molecule has 0 saturated carbocycles. The first-order valence-corrected chi connectivity index (χ1v) is 8.45. The summed E-state index contributed by atoms with van der Waals surface area (Å²) in [6.07, 6.45) is 2.11. The predicted octanol–water partition coefficient (Wildman–Crippen LogP) is 3.77. The zero-order valence-corrected chi connectivity index (χ0v) is 13.7. The van der Waals surface area contributed by atoms with Crippen molar-refractivity contribution >= 4 is 11.6 Å². The van der Waals surface area contributed by atoms with Crippen LogP contribution in [0.1, 0.15) is 41.3 Å². The van der Waals surface area contributed by atoms with Gasteiger partial charge in [0.25, 0.3) is 5.91 Å². The Hall–Kier alpha value is -2.62. The molecule has 1 amide bonds. The van der Waals surface area contributed by atoms with E-state index in [1.807, 2.05) is 47.4 Å². The minimum Gasteiger partial charge on any atom is -0.410 e. The highest BCUT2D eigenvalue weighted by atomic mass is 16.4. The van der Waals surface area contributed by atoms with Crippen molar-refractivity contribution in [2.45, 2.75) is 19.8 Å². The Morgan fingerprint density at radius 3 is 2.42 bits per heavy atom. The van der Waals surface area contributed by atoms with Gasteiger partial charge in [-0.05, 0) is 30.4 Å². The van der Waals surface area contributed by atoms with E-state index in [9.17, 15) is 10.0 Å². The number of fused-ring (bicyclic) bond motifs is 3. The van der Waals surface area contributed by atoms with Crippen LogP contribution in [-0.4, -0.2) is 34.8 Å². The Bertz CT molecular complexity index is 833. The van der Waals surface area contributed by atoms with E-state index in [1.165, 1.54) is 0 Å². The van der Waals surface area contributed by atoms with Gasteiger partial charge >= 0.3 is 0 Å². The summed E-state index contributed by atoms with van der Waals surface area (Å²) in [6.45, 7) is 3.86. The summed E-state index contributed by atoms with van der Waals surface area (Å²) < 4.78 is 0. The molecule has 4 nitrogen and oxygen atoms in total. The van der Waals surface area contributed by atoms with Crippen LogP contribution in [0.2, 0.25) is 0 Å². The molecule has 0 radical (unpaired) electrons. The Kier molecular flexibility index (Phi) is 3.60. The first-order valence-electron chi connectivity index (χ1n) is 8.45. The summed E-state index contributed by atoms with van der Waals surface area (Å²) in [5.74, 6) is 0.761. The molecule has 1 saturated heterocycles. The van der Waals surface area contributed by atoms with Crippen molar-refractivity contribution < 1.29 is 10.0 Å². The molecule has 0 unspecified atom stereocenters. The minimum atomic E-state index is 0.0766. The number of benzene rings is 2. The van der Waals surface area contributed by atoms with Gasteiger partial charge in [0.2, 0.25) is 0 Å². The van der Waals surface area contributed by atoms with Gasteiger partial charge in [0.1, 0.15) is 5.71 Å². The van der Waals surface area contributed by atoms with Crippen molar-refractivity contribution in [3.05, 3.63) is 59.2 Å². The molecule has 2 aromatic rings. The molecule has 4 heteroatoms. The second-order valence-electron chi connectivity index (χ2n) is 6.70. The molecule has 4 rings (SSSR count). The van der Waals surface area contributed by atoms with Gasteiger partial charge in [-0.3, -0.25) is 4.79 Å². The molecule has 2 aromatic carbocycles. The quantitative estimate of drug-likeness (QED) is 0.548. The van der Waals surface area contributed by atoms with Crippen molar-refractivity contribution in [1.29, 1.82) is 0 Å². The maximum absolute atomic E-state index is 13.1. The average Bonchev–Trinajstić information content (AvgIpc) is 2.95. The standard InChI is InChI=1S/C20H20N2O2/c1-13-9-11-22(12-10-13)20(23)17-8-4-7-16-18(17)14-5-2-3-6-15(14)19(16)21-24/h2-8,13,24H,9-12H2,1H3/b21-19+. The van der Waals surface area contributed by atoms with Crippen LogP contribution in [0.4, 0.5) is 0 Å². The molecule has 1 aliphatic carbocycles. The summed E-state index contributed by atoms with van der Waals surface area (Å²) in [5.41, 5.74) is 4.81. The van der Waals surface area contributed by atoms with Crippen LogP contribution in [0.25, 0.3) is 11.1 Å². The van der Waals surface area contributed by atoms with Gasteiger partial charge in [0.05, 0.1) is 0 Å². The van der Waals surface area contributed by atoms with E-state index in [-0.39, 0.29) is 5.91 Å². The number of hydrogen-bond donors (Lipinski definition) is 1. The number of carbonyl (C=O) groups excluding carboxylic acids is 1. The number of oxime groups is 1. The molecular formula is C20H20N2O2. The van der Waals surface area contributed by atoms with Gasteiger partial charge in [-0.1, -0.05) is 48.5 Å². The highest BCUT2D eigenvalue weighted by Gasteiger charge is 2.31. The minimum absolute atomic E-state index is 0.0766. The molecule has 0 bridgehead atoms. The summed E-state index contributed by atoms with van der Waals surface area (Å²) in [7, 11) is 0. The van der Waals surface area contributed by atoms with Gasteiger partial charge in [-0.2, -0.15) is 0 Å². The molecule has 122 valence electrons. The average molecular weight is 320 g/mol. The smallest absolute Gasteiger partial charge is 0.254 e. The second-order valence-corrected chi connectivity index (χ2v) is 6.70. The summed E-state index contributed by atoms with van der Waals surface area (Å²) in [5, 5.41) is 12.9. The Morgan fingerprint density at radius 1 is 1.04 bits per heavy atom. The maximum Gasteiger partial charge on any atom is 0.254 e. The molecule has 2 aliphatic rings. The van der Waals surface area contributed by atoms with E-state index in [1.54, 1.807) is 0 Å². The lowest BCUT2D eigenvalue weighted by Crippen LogP contribution is -2.38.